The number of nitrogens with one attached hydrogen (secondary N) is 1. The van der Waals surface area contributed by atoms with E-state index in [4.69, 9.17) is 0 Å². The molecule has 0 aliphatic heterocycles. The van der Waals surface area contributed by atoms with E-state index in [1.165, 1.54) is 0 Å². The molecule has 5 nitrogen and oxygen atoms in total. The Morgan fingerprint density at radius 2 is 1.77 bits per heavy atom. The Balaban J connectivity index is 1.63. The lowest BCUT2D eigenvalue weighted by molar-refractivity contribution is 0.0952. The molecule has 0 aliphatic carbocycles. The number of carbonyl (C=O) groups is 1. The molecule has 0 bridgehead atoms. The van der Waals surface area contributed by atoms with Crippen molar-refractivity contribution in [3.63, 3.8) is 0 Å². The molecule has 0 radical (unpaired) electrons. The number of hydrogen-bond donors (Lipinski definition) is 1. The van der Waals surface area contributed by atoms with Crippen molar-refractivity contribution in [1.82, 2.24) is 19.7 Å². The van der Waals surface area contributed by atoms with Crippen molar-refractivity contribution in [2.24, 2.45) is 0 Å². The number of carbonyl (C=O) groups excluding carboxylic acids is 1. The van der Waals surface area contributed by atoms with Gasteiger partial charge in [0.05, 0.1) is 11.3 Å². The van der Waals surface area contributed by atoms with Gasteiger partial charge in [0.2, 0.25) is 0 Å². The molecular formula is C21H26N4O. The van der Waals surface area contributed by atoms with Gasteiger partial charge >= 0.3 is 0 Å². The summed E-state index contributed by atoms with van der Waals surface area (Å²) in [4.78, 5) is 12.6. The topological polar surface area (TPSA) is 51.9 Å². The van der Waals surface area contributed by atoms with Gasteiger partial charge in [-0.25, -0.2) is 0 Å². The fourth-order valence-electron chi connectivity index (χ4n) is 3.39. The molecule has 0 saturated carbocycles. The molecule has 0 fully saturated rings. The second-order valence-corrected chi connectivity index (χ2v) is 6.72. The van der Waals surface area contributed by atoms with Crippen molar-refractivity contribution in [3.8, 4) is 5.69 Å². The van der Waals surface area contributed by atoms with Gasteiger partial charge in [-0.3, -0.25) is 9.48 Å². The molecule has 136 valence electrons. The third kappa shape index (κ3) is 3.72. The smallest absolute Gasteiger partial charge is 0.253 e. The highest BCUT2D eigenvalue weighted by Crippen LogP contribution is 2.20. The van der Waals surface area contributed by atoms with Crippen molar-refractivity contribution in [2.45, 2.75) is 40.7 Å². The number of benzene rings is 1. The average molecular weight is 350 g/mol. The highest BCUT2D eigenvalue weighted by Gasteiger charge is 2.16. The molecular weight excluding hydrogens is 324 g/mol. The molecule has 0 aliphatic rings. The molecule has 1 N–H and O–H groups in total. The lowest BCUT2D eigenvalue weighted by Crippen LogP contribution is -2.26. The predicted octanol–water partition coefficient (Wildman–Crippen LogP) is 3.73. The van der Waals surface area contributed by atoms with Crippen LogP contribution in [0, 0.1) is 27.7 Å². The highest BCUT2D eigenvalue weighted by molar-refractivity contribution is 5.95. The van der Waals surface area contributed by atoms with E-state index in [1.807, 2.05) is 49.7 Å². The van der Waals surface area contributed by atoms with E-state index >= 15 is 0 Å². The van der Waals surface area contributed by atoms with E-state index in [0.717, 1.165) is 47.0 Å². The van der Waals surface area contributed by atoms with Gasteiger partial charge in [-0.05, 0) is 58.4 Å². The largest absolute Gasteiger partial charge is 0.352 e. The van der Waals surface area contributed by atoms with Crippen LogP contribution in [0.25, 0.3) is 5.69 Å². The zero-order valence-corrected chi connectivity index (χ0v) is 15.9. The zero-order valence-electron chi connectivity index (χ0n) is 15.9. The molecule has 0 saturated heterocycles. The fourth-order valence-corrected chi connectivity index (χ4v) is 3.39. The minimum absolute atomic E-state index is 0.0198. The lowest BCUT2D eigenvalue weighted by Gasteiger charge is -2.10. The molecule has 3 rings (SSSR count). The minimum Gasteiger partial charge on any atom is -0.352 e. The van der Waals surface area contributed by atoms with Gasteiger partial charge in [0, 0.05) is 35.9 Å². The molecule has 1 amide bonds. The van der Waals surface area contributed by atoms with Crippen LogP contribution in [-0.4, -0.2) is 26.8 Å². The first kappa shape index (κ1) is 18.0. The maximum absolute atomic E-state index is 12.6. The van der Waals surface area contributed by atoms with Crippen molar-refractivity contribution < 1.29 is 4.79 Å². The summed E-state index contributed by atoms with van der Waals surface area (Å²) in [6, 6.07) is 14.1. The van der Waals surface area contributed by atoms with Crippen LogP contribution >= 0.6 is 0 Å². The third-order valence-corrected chi connectivity index (χ3v) is 4.63. The number of nitrogens with zero attached hydrogens (tertiary/aromatic N) is 3. The number of amides is 1. The second-order valence-electron chi connectivity index (χ2n) is 6.72. The van der Waals surface area contributed by atoms with Crippen LogP contribution in [0.15, 0.2) is 42.5 Å². The Hall–Kier alpha value is -2.82. The number of aromatic nitrogens is 3. The van der Waals surface area contributed by atoms with Gasteiger partial charge in [0.25, 0.3) is 5.91 Å². The number of aryl methyl sites for hydroxylation is 4. The Kier molecular flexibility index (Phi) is 5.26. The second kappa shape index (κ2) is 7.60. The van der Waals surface area contributed by atoms with Crippen LogP contribution in [0.1, 0.15) is 39.6 Å². The summed E-state index contributed by atoms with van der Waals surface area (Å²) in [7, 11) is 0. The fraction of sp³-hybridized carbons (Fsp3) is 0.333. The zero-order chi connectivity index (χ0) is 18.7. The van der Waals surface area contributed by atoms with Gasteiger partial charge in [0.15, 0.2) is 0 Å². The first-order valence-corrected chi connectivity index (χ1v) is 9.01. The van der Waals surface area contributed by atoms with E-state index in [2.05, 4.69) is 40.1 Å². The maximum atomic E-state index is 12.6. The van der Waals surface area contributed by atoms with Gasteiger partial charge in [0.1, 0.15) is 0 Å². The molecule has 0 spiro atoms. The van der Waals surface area contributed by atoms with Crippen molar-refractivity contribution in [2.75, 3.05) is 6.54 Å². The van der Waals surface area contributed by atoms with Crippen molar-refractivity contribution >= 4 is 5.91 Å². The molecule has 3 aromatic rings. The molecule has 5 heteroatoms. The van der Waals surface area contributed by atoms with Gasteiger partial charge in [-0.15, -0.1) is 0 Å². The van der Waals surface area contributed by atoms with Crippen LogP contribution in [0.3, 0.4) is 0 Å². The maximum Gasteiger partial charge on any atom is 0.253 e. The minimum atomic E-state index is -0.0198. The standard InChI is InChI=1S/C21H26N4O/c1-15-13-16(2)24(23-15)12-8-11-22-21(26)20-14-17(3)25(18(20)4)19-9-6-5-7-10-19/h5-7,9-10,13-14H,8,11-12H2,1-4H3,(H,22,26). The monoisotopic (exact) mass is 350 g/mol. The van der Waals surface area contributed by atoms with Crippen LogP contribution in [0.4, 0.5) is 0 Å². The summed E-state index contributed by atoms with van der Waals surface area (Å²) in [6.45, 7) is 9.50. The molecule has 26 heavy (non-hydrogen) atoms. The first-order chi connectivity index (χ1) is 12.5. The summed E-state index contributed by atoms with van der Waals surface area (Å²) in [5, 5.41) is 7.48. The summed E-state index contributed by atoms with van der Waals surface area (Å²) in [5.41, 5.74) is 6.01. The summed E-state index contributed by atoms with van der Waals surface area (Å²) in [6.07, 6.45) is 0.852. The molecule has 0 atom stereocenters. The predicted molar refractivity (Wildman–Crippen MR) is 104 cm³/mol. The van der Waals surface area contributed by atoms with E-state index in [9.17, 15) is 4.79 Å². The van der Waals surface area contributed by atoms with E-state index in [0.29, 0.717) is 6.54 Å². The van der Waals surface area contributed by atoms with Gasteiger partial charge in [-0.1, -0.05) is 18.2 Å². The van der Waals surface area contributed by atoms with Crippen LogP contribution in [0.5, 0.6) is 0 Å². The molecule has 2 heterocycles. The number of hydrogen-bond acceptors (Lipinski definition) is 2. The Bertz CT molecular complexity index is 906. The van der Waals surface area contributed by atoms with Gasteiger partial charge < -0.3 is 9.88 Å². The molecule has 2 aromatic heterocycles. The summed E-state index contributed by atoms with van der Waals surface area (Å²) < 4.78 is 4.10. The van der Waals surface area contributed by atoms with Crippen molar-refractivity contribution in [1.29, 1.82) is 0 Å². The highest BCUT2D eigenvalue weighted by atomic mass is 16.1. The van der Waals surface area contributed by atoms with Crippen molar-refractivity contribution in [3.05, 3.63) is 70.8 Å². The average Bonchev–Trinajstić information content (AvgIpc) is 3.10. The van der Waals surface area contributed by atoms with E-state index in [1.54, 1.807) is 0 Å². The first-order valence-electron chi connectivity index (χ1n) is 9.01. The quantitative estimate of drug-likeness (QED) is 0.689. The van der Waals surface area contributed by atoms with E-state index in [-0.39, 0.29) is 5.91 Å². The Morgan fingerprint density at radius 3 is 2.42 bits per heavy atom. The summed E-state index contributed by atoms with van der Waals surface area (Å²) in [5.74, 6) is -0.0198. The van der Waals surface area contributed by atoms with E-state index < -0.39 is 0 Å². The van der Waals surface area contributed by atoms with Crippen LogP contribution in [0.2, 0.25) is 0 Å². The normalized spacial score (nSPS) is 10.9. The van der Waals surface area contributed by atoms with Gasteiger partial charge in [-0.2, -0.15) is 5.10 Å². The van der Waals surface area contributed by atoms with Crippen LogP contribution < -0.4 is 5.32 Å². The Labute approximate surface area is 154 Å². The molecule has 0 unspecified atom stereocenters. The lowest BCUT2D eigenvalue weighted by atomic mass is 10.2. The SMILES string of the molecule is Cc1cc(C)n(CCCNC(=O)c2cc(C)n(-c3ccccc3)c2C)n1. The van der Waals surface area contributed by atoms with Crippen LogP contribution in [-0.2, 0) is 6.54 Å². The third-order valence-electron chi connectivity index (χ3n) is 4.63. The molecule has 1 aromatic carbocycles. The summed E-state index contributed by atoms with van der Waals surface area (Å²) >= 11 is 0. The number of para-hydroxylation sites is 1. The number of rotatable bonds is 6. The Morgan fingerprint density at radius 1 is 1.04 bits per heavy atom.